The maximum Gasteiger partial charge on any atom is 0.472 e. The van der Waals surface area contributed by atoms with Crippen LogP contribution in [-0.4, -0.2) is 97.7 Å². The van der Waals surface area contributed by atoms with Crippen molar-refractivity contribution < 1.29 is 57.1 Å². The number of hydrogen-bond donors (Lipinski definition) is 7. The summed E-state index contributed by atoms with van der Waals surface area (Å²) in [5, 5.41) is 21.1. The fourth-order valence-corrected chi connectivity index (χ4v) is 5.77. The molecule has 3 aromatic rings. The molecule has 9 N–H and O–H groups in total. The molecule has 8 atom stereocenters. The van der Waals surface area contributed by atoms with Crippen LogP contribution in [0.5, 0.6) is 0 Å². The number of nitrogen functional groups attached to an aromatic ring is 2. The van der Waals surface area contributed by atoms with Gasteiger partial charge in [-0.2, -0.15) is 4.98 Å². The standard InChI is InChI=1S/C19H26N8O13P2/c20-11-1-2-26(19(30)25-11)12-3-8(9(38-12)4-36-41(31,32)33)40-42(34,35)37-5-10-14(28)15(29)18(39-10)27-7-24-13-16(21)22-6-23-17(13)27/h1-2,6-10,12,14-15,18,28-29H,3-5H2,(H,34,35)(H2,20,25,30)(H2,21,22,23)(H2,31,32,33)/t8-,9?,10?,12-,14?,15?,18?/m1/s1. The van der Waals surface area contributed by atoms with Crippen molar-refractivity contribution in [3.05, 3.63) is 35.4 Å². The molecule has 0 spiro atoms. The monoisotopic (exact) mass is 636 g/mol. The number of phosphoric ester groups is 2. The van der Waals surface area contributed by atoms with Crippen LogP contribution in [-0.2, 0) is 32.2 Å². The average molecular weight is 636 g/mol. The average Bonchev–Trinajstić information content (AvgIpc) is 3.58. The molecule has 42 heavy (non-hydrogen) atoms. The number of fused-ring (bicyclic) bond motifs is 1. The van der Waals surface area contributed by atoms with Gasteiger partial charge in [-0.3, -0.25) is 22.7 Å². The van der Waals surface area contributed by atoms with Gasteiger partial charge in [-0.1, -0.05) is 0 Å². The number of rotatable bonds is 10. The number of ether oxygens (including phenoxy) is 2. The highest BCUT2D eigenvalue weighted by atomic mass is 31.2. The molecular formula is C19H26N8O13P2. The molecule has 0 saturated carbocycles. The van der Waals surface area contributed by atoms with E-state index < -0.39 is 77.5 Å². The molecule has 0 bridgehead atoms. The van der Waals surface area contributed by atoms with E-state index in [0.717, 1.165) is 4.57 Å². The molecular weight excluding hydrogens is 610 g/mol. The topological polar surface area (TPSA) is 312 Å². The van der Waals surface area contributed by atoms with Crippen molar-refractivity contribution in [1.29, 1.82) is 0 Å². The summed E-state index contributed by atoms with van der Waals surface area (Å²) >= 11 is 0. The number of aliphatic hydroxyl groups is 2. The van der Waals surface area contributed by atoms with E-state index in [0.29, 0.717) is 0 Å². The van der Waals surface area contributed by atoms with Crippen LogP contribution >= 0.6 is 15.6 Å². The highest BCUT2D eigenvalue weighted by Gasteiger charge is 2.47. The Kier molecular flexibility index (Phi) is 8.47. The Balaban J connectivity index is 1.26. The molecule has 21 nitrogen and oxygen atoms in total. The first-order valence-electron chi connectivity index (χ1n) is 12.0. The van der Waals surface area contributed by atoms with E-state index in [1.807, 2.05) is 0 Å². The molecule has 2 aliphatic heterocycles. The quantitative estimate of drug-likeness (QED) is 0.116. The fraction of sp³-hybridized carbons (Fsp3) is 0.526. The zero-order valence-electron chi connectivity index (χ0n) is 21.2. The lowest BCUT2D eigenvalue weighted by molar-refractivity contribution is -0.0588. The number of aliphatic hydroxyl groups excluding tert-OH is 2. The van der Waals surface area contributed by atoms with E-state index in [4.69, 9.17) is 39.8 Å². The molecule has 0 radical (unpaired) electrons. The first-order valence-corrected chi connectivity index (χ1v) is 15.1. The highest BCUT2D eigenvalue weighted by Crippen LogP contribution is 2.49. The van der Waals surface area contributed by atoms with E-state index in [9.17, 15) is 29.0 Å². The van der Waals surface area contributed by atoms with E-state index in [1.54, 1.807) is 0 Å². The first kappa shape index (κ1) is 30.5. The van der Waals surface area contributed by atoms with Crippen LogP contribution in [0.3, 0.4) is 0 Å². The normalized spacial score (nSPS) is 29.7. The van der Waals surface area contributed by atoms with E-state index in [-0.39, 0.29) is 29.2 Å². The van der Waals surface area contributed by atoms with Gasteiger partial charge in [0, 0.05) is 12.6 Å². The molecule has 2 aliphatic rings. The number of nitrogens with two attached hydrogens (primary N) is 2. The van der Waals surface area contributed by atoms with Crippen molar-refractivity contribution in [3.63, 3.8) is 0 Å². The Labute approximate surface area is 234 Å². The number of phosphoric acid groups is 2. The fourth-order valence-electron chi connectivity index (χ4n) is 4.47. The van der Waals surface area contributed by atoms with Gasteiger partial charge < -0.3 is 45.8 Å². The molecule has 230 valence electrons. The summed E-state index contributed by atoms with van der Waals surface area (Å²) in [5.74, 6) is 0.00388. The van der Waals surface area contributed by atoms with Gasteiger partial charge in [0.1, 0.15) is 54.4 Å². The van der Waals surface area contributed by atoms with Gasteiger partial charge in [0.05, 0.1) is 19.5 Å². The zero-order valence-corrected chi connectivity index (χ0v) is 23.0. The summed E-state index contributed by atoms with van der Waals surface area (Å²) in [6, 6.07) is 1.29. The molecule has 5 heterocycles. The van der Waals surface area contributed by atoms with Crippen LogP contribution in [0.2, 0.25) is 0 Å². The van der Waals surface area contributed by atoms with Crippen molar-refractivity contribution >= 4 is 38.4 Å². The molecule has 0 aromatic carbocycles. The van der Waals surface area contributed by atoms with E-state index >= 15 is 0 Å². The summed E-state index contributed by atoms with van der Waals surface area (Å²) in [4.78, 5) is 56.3. The lowest BCUT2D eigenvalue weighted by Crippen LogP contribution is -2.34. The van der Waals surface area contributed by atoms with Crippen molar-refractivity contribution in [1.82, 2.24) is 29.1 Å². The number of aromatic nitrogens is 6. The smallest absolute Gasteiger partial charge is 0.387 e. The Bertz CT molecular complexity index is 1600. The second-order valence-electron chi connectivity index (χ2n) is 9.23. The van der Waals surface area contributed by atoms with Gasteiger partial charge in [-0.15, -0.1) is 0 Å². The molecule has 5 rings (SSSR count). The highest BCUT2D eigenvalue weighted by molar-refractivity contribution is 7.47. The number of anilines is 2. The molecule has 6 unspecified atom stereocenters. The summed E-state index contributed by atoms with van der Waals surface area (Å²) < 4.78 is 52.3. The molecule has 23 heteroatoms. The van der Waals surface area contributed by atoms with Gasteiger partial charge in [0.25, 0.3) is 0 Å². The predicted octanol–water partition coefficient (Wildman–Crippen LogP) is -2.23. The minimum atomic E-state index is -4.99. The Morgan fingerprint density at radius 3 is 2.45 bits per heavy atom. The maximum absolute atomic E-state index is 12.9. The summed E-state index contributed by atoms with van der Waals surface area (Å²) in [6.45, 7) is -1.53. The van der Waals surface area contributed by atoms with Gasteiger partial charge >= 0.3 is 21.3 Å². The van der Waals surface area contributed by atoms with Crippen LogP contribution in [0.1, 0.15) is 18.9 Å². The van der Waals surface area contributed by atoms with Gasteiger partial charge in [-0.25, -0.2) is 28.9 Å². The molecule has 2 saturated heterocycles. The second kappa shape index (κ2) is 11.6. The Morgan fingerprint density at radius 2 is 1.74 bits per heavy atom. The minimum absolute atomic E-state index is 0.0704. The lowest BCUT2D eigenvalue weighted by atomic mass is 10.1. The van der Waals surface area contributed by atoms with Gasteiger partial charge in [-0.05, 0) is 6.07 Å². The van der Waals surface area contributed by atoms with E-state index in [1.165, 1.54) is 29.5 Å². The van der Waals surface area contributed by atoms with Crippen LogP contribution in [0, 0.1) is 0 Å². The summed E-state index contributed by atoms with van der Waals surface area (Å²) in [7, 11) is -9.96. The number of imidazole rings is 1. The van der Waals surface area contributed by atoms with Gasteiger partial charge in [0.15, 0.2) is 17.7 Å². The molecule has 2 fully saturated rings. The van der Waals surface area contributed by atoms with Crippen molar-refractivity contribution in [2.24, 2.45) is 0 Å². The molecule has 3 aromatic heterocycles. The summed E-state index contributed by atoms with van der Waals surface area (Å²) in [5.41, 5.74) is 10.9. The SMILES string of the molecule is Nc1ccn([C@H]2C[C@@H](OP(=O)(O)OCC3OC(n4cnc5c(N)ncnc54)C(O)C3O)C(COP(=O)(O)O)O2)c(=O)n1. The third-order valence-corrected chi connectivity index (χ3v) is 7.92. The van der Waals surface area contributed by atoms with E-state index in [2.05, 4.69) is 24.5 Å². The molecule has 0 amide bonds. The van der Waals surface area contributed by atoms with Crippen molar-refractivity contribution in [2.45, 2.75) is 49.4 Å². The van der Waals surface area contributed by atoms with Crippen LogP contribution in [0.25, 0.3) is 11.2 Å². The lowest BCUT2D eigenvalue weighted by Gasteiger charge is -2.22. The first-order chi connectivity index (χ1) is 19.7. The second-order valence-corrected chi connectivity index (χ2v) is 11.9. The third-order valence-electron chi connectivity index (χ3n) is 6.42. The zero-order chi connectivity index (χ0) is 30.4. The largest absolute Gasteiger partial charge is 0.472 e. The van der Waals surface area contributed by atoms with Crippen LogP contribution in [0.15, 0.2) is 29.7 Å². The van der Waals surface area contributed by atoms with Gasteiger partial charge in [0.2, 0.25) is 0 Å². The summed E-state index contributed by atoms with van der Waals surface area (Å²) in [6.07, 6.45) is -6.12. The Hall–Kier alpha value is -2.91. The van der Waals surface area contributed by atoms with Crippen LogP contribution < -0.4 is 17.2 Å². The predicted molar refractivity (Wildman–Crippen MR) is 136 cm³/mol. The van der Waals surface area contributed by atoms with Crippen LogP contribution in [0.4, 0.5) is 11.6 Å². The minimum Gasteiger partial charge on any atom is -0.387 e. The number of hydrogen-bond acceptors (Lipinski definition) is 16. The van der Waals surface area contributed by atoms with Crippen molar-refractivity contribution in [3.8, 4) is 0 Å². The maximum atomic E-state index is 12.9. The Morgan fingerprint density at radius 1 is 1.00 bits per heavy atom. The number of nitrogens with zero attached hydrogens (tertiary/aromatic N) is 6. The molecule has 0 aliphatic carbocycles. The third kappa shape index (κ3) is 6.52. The van der Waals surface area contributed by atoms with Crippen molar-refractivity contribution in [2.75, 3.05) is 24.7 Å².